The molecular formula is C13H17O2. The topological polar surface area (TPSA) is 26.3 Å². The third-order valence-electron chi connectivity index (χ3n) is 2.28. The largest absolute Gasteiger partial charge is 0.465 e. The molecule has 0 aliphatic carbocycles. The van der Waals surface area contributed by atoms with Crippen LogP contribution in [0.4, 0.5) is 0 Å². The summed E-state index contributed by atoms with van der Waals surface area (Å²) in [4.78, 5) is 11.4. The standard InChI is InChI=1S/C13H17O2/c1-9-6-10(12(14)15-5)8-11(7-9)13(2,3)4/h6-8H,1H2,2-5H3. The van der Waals surface area contributed by atoms with Crippen LogP contribution in [0.5, 0.6) is 0 Å². The lowest BCUT2D eigenvalue weighted by Gasteiger charge is -2.20. The van der Waals surface area contributed by atoms with E-state index in [1.807, 2.05) is 12.1 Å². The Morgan fingerprint density at radius 3 is 2.33 bits per heavy atom. The molecule has 2 heteroatoms. The van der Waals surface area contributed by atoms with Crippen molar-refractivity contribution in [1.29, 1.82) is 0 Å². The van der Waals surface area contributed by atoms with Crippen molar-refractivity contribution in [3.8, 4) is 0 Å². The van der Waals surface area contributed by atoms with E-state index in [0.29, 0.717) is 5.56 Å². The van der Waals surface area contributed by atoms with Gasteiger partial charge in [0.05, 0.1) is 12.7 Å². The number of esters is 1. The molecule has 0 aromatic heterocycles. The predicted molar refractivity (Wildman–Crippen MR) is 60.9 cm³/mol. The normalized spacial score (nSPS) is 11.3. The van der Waals surface area contributed by atoms with Crippen molar-refractivity contribution >= 4 is 5.97 Å². The van der Waals surface area contributed by atoms with E-state index in [9.17, 15) is 4.79 Å². The zero-order chi connectivity index (χ0) is 11.6. The molecule has 1 aromatic rings. The summed E-state index contributed by atoms with van der Waals surface area (Å²) < 4.78 is 4.69. The monoisotopic (exact) mass is 205 g/mol. The molecule has 0 amide bonds. The lowest BCUT2D eigenvalue weighted by Crippen LogP contribution is -2.13. The highest BCUT2D eigenvalue weighted by Crippen LogP contribution is 2.24. The van der Waals surface area contributed by atoms with Gasteiger partial charge in [-0.15, -0.1) is 0 Å². The summed E-state index contributed by atoms with van der Waals surface area (Å²) in [7, 11) is 1.38. The number of benzene rings is 1. The van der Waals surface area contributed by atoms with Crippen molar-refractivity contribution in [3.63, 3.8) is 0 Å². The van der Waals surface area contributed by atoms with Crippen LogP contribution in [0.1, 0.15) is 42.3 Å². The third kappa shape index (κ3) is 2.82. The number of ether oxygens (including phenoxy) is 1. The van der Waals surface area contributed by atoms with Crippen molar-refractivity contribution in [2.45, 2.75) is 26.2 Å². The maximum atomic E-state index is 11.4. The maximum absolute atomic E-state index is 11.4. The van der Waals surface area contributed by atoms with Crippen LogP contribution < -0.4 is 0 Å². The fourth-order valence-electron chi connectivity index (χ4n) is 1.36. The molecule has 0 saturated heterocycles. The van der Waals surface area contributed by atoms with Crippen LogP contribution in [0, 0.1) is 6.92 Å². The Bertz CT molecular complexity index is 373. The van der Waals surface area contributed by atoms with Crippen LogP contribution in [0.25, 0.3) is 0 Å². The molecule has 0 spiro atoms. The molecule has 81 valence electrons. The molecule has 2 nitrogen and oxygen atoms in total. The molecular weight excluding hydrogens is 188 g/mol. The SMILES string of the molecule is [CH2]c1cc(C(=O)OC)cc(C(C)(C)C)c1. The maximum Gasteiger partial charge on any atom is 0.337 e. The van der Waals surface area contributed by atoms with E-state index < -0.39 is 0 Å². The number of hydrogen-bond acceptors (Lipinski definition) is 2. The van der Waals surface area contributed by atoms with Gasteiger partial charge in [-0.2, -0.15) is 0 Å². The lowest BCUT2D eigenvalue weighted by atomic mass is 9.85. The van der Waals surface area contributed by atoms with Gasteiger partial charge in [-0.1, -0.05) is 26.8 Å². The van der Waals surface area contributed by atoms with Crippen LogP contribution in [0.15, 0.2) is 18.2 Å². The molecule has 0 N–H and O–H groups in total. The summed E-state index contributed by atoms with van der Waals surface area (Å²) in [6.45, 7) is 10.2. The summed E-state index contributed by atoms with van der Waals surface area (Å²) in [5.74, 6) is -0.314. The van der Waals surface area contributed by atoms with Gasteiger partial charge in [0.25, 0.3) is 0 Å². The van der Waals surface area contributed by atoms with Crippen LogP contribution in [-0.4, -0.2) is 13.1 Å². The van der Waals surface area contributed by atoms with E-state index in [-0.39, 0.29) is 11.4 Å². The molecule has 0 bridgehead atoms. The fourth-order valence-corrected chi connectivity index (χ4v) is 1.36. The summed E-state index contributed by atoms with van der Waals surface area (Å²) in [5.41, 5.74) is 2.50. The van der Waals surface area contributed by atoms with Gasteiger partial charge in [-0.25, -0.2) is 4.79 Å². The molecule has 0 aliphatic heterocycles. The molecule has 15 heavy (non-hydrogen) atoms. The first-order valence-corrected chi connectivity index (χ1v) is 4.90. The second-order valence-corrected chi connectivity index (χ2v) is 4.66. The first kappa shape index (κ1) is 11.8. The highest BCUT2D eigenvalue weighted by atomic mass is 16.5. The zero-order valence-corrected chi connectivity index (χ0v) is 9.76. The minimum Gasteiger partial charge on any atom is -0.465 e. The van der Waals surface area contributed by atoms with Crippen LogP contribution >= 0.6 is 0 Å². The van der Waals surface area contributed by atoms with Gasteiger partial charge < -0.3 is 4.74 Å². The van der Waals surface area contributed by atoms with Crippen LogP contribution in [0.2, 0.25) is 0 Å². The molecule has 0 heterocycles. The predicted octanol–water partition coefficient (Wildman–Crippen LogP) is 2.95. The minimum absolute atomic E-state index is 0.0104. The highest BCUT2D eigenvalue weighted by molar-refractivity contribution is 5.89. The van der Waals surface area contributed by atoms with E-state index in [4.69, 9.17) is 4.74 Å². The van der Waals surface area contributed by atoms with Crippen molar-refractivity contribution < 1.29 is 9.53 Å². The highest BCUT2D eigenvalue weighted by Gasteiger charge is 2.16. The summed E-state index contributed by atoms with van der Waals surface area (Å²) in [6, 6.07) is 5.59. The van der Waals surface area contributed by atoms with E-state index in [1.165, 1.54) is 7.11 Å². The van der Waals surface area contributed by atoms with Gasteiger partial charge in [-0.3, -0.25) is 0 Å². The Labute approximate surface area is 91.3 Å². The quantitative estimate of drug-likeness (QED) is 0.659. The molecule has 1 radical (unpaired) electrons. The number of rotatable bonds is 1. The van der Waals surface area contributed by atoms with Crippen LogP contribution in [0.3, 0.4) is 0 Å². The Morgan fingerprint density at radius 1 is 1.27 bits per heavy atom. The molecule has 1 rings (SSSR count). The Hall–Kier alpha value is -1.31. The number of carbonyl (C=O) groups excluding carboxylic acids is 1. The van der Waals surface area contributed by atoms with Gasteiger partial charge in [0.15, 0.2) is 0 Å². The van der Waals surface area contributed by atoms with Crippen molar-refractivity contribution in [2.24, 2.45) is 0 Å². The van der Waals surface area contributed by atoms with Gasteiger partial charge in [0.2, 0.25) is 0 Å². The third-order valence-corrected chi connectivity index (χ3v) is 2.28. The van der Waals surface area contributed by atoms with Gasteiger partial charge >= 0.3 is 5.97 Å². The van der Waals surface area contributed by atoms with E-state index in [0.717, 1.165) is 11.1 Å². The smallest absolute Gasteiger partial charge is 0.337 e. The van der Waals surface area contributed by atoms with E-state index >= 15 is 0 Å². The van der Waals surface area contributed by atoms with Crippen molar-refractivity contribution in [2.75, 3.05) is 7.11 Å². The van der Waals surface area contributed by atoms with Gasteiger partial charge in [0, 0.05) is 0 Å². The van der Waals surface area contributed by atoms with Crippen molar-refractivity contribution in [1.82, 2.24) is 0 Å². The van der Waals surface area contributed by atoms with E-state index in [2.05, 4.69) is 27.7 Å². The molecule has 1 aromatic carbocycles. The lowest BCUT2D eigenvalue weighted by molar-refractivity contribution is 0.0600. The van der Waals surface area contributed by atoms with Crippen LogP contribution in [-0.2, 0) is 10.2 Å². The molecule has 0 saturated carbocycles. The zero-order valence-electron chi connectivity index (χ0n) is 9.76. The van der Waals surface area contributed by atoms with Gasteiger partial charge in [-0.05, 0) is 35.6 Å². The first-order chi connectivity index (χ1) is 6.84. The number of methoxy groups -OCH3 is 1. The summed E-state index contributed by atoms with van der Waals surface area (Å²) in [5, 5.41) is 0. The first-order valence-electron chi connectivity index (χ1n) is 4.90. The minimum atomic E-state index is -0.314. The molecule has 0 fully saturated rings. The van der Waals surface area contributed by atoms with E-state index in [1.54, 1.807) is 6.07 Å². The Morgan fingerprint density at radius 2 is 1.87 bits per heavy atom. The summed E-state index contributed by atoms with van der Waals surface area (Å²) in [6.07, 6.45) is 0. The Balaban J connectivity index is 3.23. The van der Waals surface area contributed by atoms with Gasteiger partial charge in [0.1, 0.15) is 0 Å². The average Bonchev–Trinajstić information content (AvgIpc) is 2.14. The number of carbonyl (C=O) groups is 1. The fraction of sp³-hybridized carbons (Fsp3) is 0.385. The number of hydrogen-bond donors (Lipinski definition) is 0. The Kier molecular flexibility index (Phi) is 3.18. The second kappa shape index (κ2) is 4.05. The molecule has 0 aliphatic rings. The summed E-state index contributed by atoms with van der Waals surface area (Å²) >= 11 is 0. The van der Waals surface area contributed by atoms with Crippen molar-refractivity contribution in [3.05, 3.63) is 41.8 Å². The average molecular weight is 205 g/mol. The molecule has 0 atom stereocenters. The second-order valence-electron chi connectivity index (χ2n) is 4.66. The molecule has 0 unspecified atom stereocenters.